The zero-order chi connectivity index (χ0) is 12.3. The number of carbonyl (C=O) groups is 1. The molecular formula is C11H22O3S. The van der Waals surface area contributed by atoms with E-state index in [4.69, 9.17) is 0 Å². The second kappa shape index (κ2) is 5.10. The Bertz CT molecular complexity index is 307. The van der Waals surface area contributed by atoms with Crippen molar-refractivity contribution in [3.05, 3.63) is 0 Å². The Morgan fingerprint density at radius 3 is 2.00 bits per heavy atom. The first-order valence-corrected chi connectivity index (χ1v) is 7.10. The third-order valence-corrected chi connectivity index (χ3v) is 3.75. The molecule has 0 spiro atoms. The van der Waals surface area contributed by atoms with Crippen LogP contribution in [0.5, 0.6) is 0 Å². The zero-order valence-corrected chi connectivity index (χ0v) is 11.1. The maximum Gasteiger partial charge on any atom is 0.157 e. The molecule has 0 saturated heterocycles. The van der Waals surface area contributed by atoms with Gasteiger partial charge in [0.1, 0.15) is 5.75 Å². The topological polar surface area (TPSA) is 51.2 Å². The lowest BCUT2D eigenvalue weighted by Crippen LogP contribution is -2.29. The summed E-state index contributed by atoms with van der Waals surface area (Å²) in [4.78, 5) is 11.5. The monoisotopic (exact) mass is 234 g/mol. The molecule has 0 aliphatic carbocycles. The van der Waals surface area contributed by atoms with Crippen molar-refractivity contribution in [1.82, 2.24) is 0 Å². The van der Waals surface area contributed by atoms with E-state index in [-0.39, 0.29) is 17.3 Å². The van der Waals surface area contributed by atoms with Crippen molar-refractivity contribution in [2.75, 3.05) is 11.5 Å². The molecule has 0 rings (SSSR count). The minimum Gasteiger partial charge on any atom is -0.298 e. The Hall–Kier alpha value is -0.380. The average molecular weight is 234 g/mol. The van der Waals surface area contributed by atoms with E-state index in [2.05, 4.69) is 0 Å². The van der Waals surface area contributed by atoms with Crippen molar-refractivity contribution in [2.24, 2.45) is 11.3 Å². The highest BCUT2D eigenvalue weighted by molar-refractivity contribution is 7.92. The molecule has 0 unspecified atom stereocenters. The van der Waals surface area contributed by atoms with Crippen LogP contribution in [0.2, 0.25) is 0 Å². The molecule has 0 aromatic carbocycles. The van der Waals surface area contributed by atoms with E-state index in [1.54, 1.807) is 20.8 Å². The van der Waals surface area contributed by atoms with Gasteiger partial charge in [-0.05, 0) is 12.3 Å². The van der Waals surface area contributed by atoms with E-state index in [9.17, 15) is 13.2 Å². The highest BCUT2D eigenvalue weighted by Crippen LogP contribution is 2.16. The number of sulfone groups is 1. The minimum absolute atomic E-state index is 0.118. The van der Waals surface area contributed by atoms with Crippen LogP contribution in [0.15, 0.2) is 0 Å². The van der Waals surface area contributed by atoms with E-state index >= 15 is 0 Å². The molecule has 0 aliphatic rings. The summed E-state index contributed by atoms with van der Waals surface area (Å²) in [5, 5.41) is 0. The summed E-state index contributed by atoms with van der Waals surface area (Å²) in [7, 11) is -3.21. The predicted octanol–water partition coefficient (Wildman–Crippen LogP) is 2.06. The van der Waals surface area contributed by atoms with Crippen LogP contribution in [-0.2, 0) is 14.6 Å². The molecular weight excluding hydrogens is 212 g/mol. The fraction of sp³-hybridized carbons (Fsp3) is 0.909. The number of hydrogen-bond donors (Lipinski definition) is 0. The molecule has 0 fully saturated rings. The molecule has 0 saturated carbocycles. The van der Waals surface area contributed by atoms with Gasteiger partial charge in [-0.3, -0.25) is 4.79 Å². The second-order valence-corrected chi connectivity index (χ2v) is 7.63. The zero-order valence-electron chi connectivity index (χ0n) is 10.3. The molecule has 0 aliphatic heterocycles. The summed E-state index contributed by atoms with van der Waals surface area (Å²) in [6.07, 6.45) is 0.625. The number of Topliss-reactive ketones (excluding diaryl/α,β-unsaturated/α-hetero) is 1. The molecule has 90 valence electrons. The van der Waals surface area contributed by atoms with Crippen LogP contribution in [0.4, 0.5) is 0 Å². The number of hydrogen-bond acceptors (Lipinski definition) is 3. The van der Waals surface area contributed by atoms with Crippen molar-refractivity contribution in [3.63, 3.8) is 0 Å². The predicted molar refractivity (Wildman–Crippen MR) is 62.6 cm³/mol. The van der Waals surface area contributed by atoms with Gasteiger partial charge in [-0.1, -0.05) is 34.6 Å². The normalized spacial score (nSPS) is 13.2. The first kappa shape index (κ1) is 14.6. The van der Waals surface area contributed by atoms with Gasteiger partial charge in [0.25, 0.3) is 0 Å². The summed E-state index contributed by atoms with van der Waals surface area (Å²) in [6, 6.07) is 0. The van der Waals surface area contributed by atoms with Crippen molar-refractivity contribution >= 4 is 15.6 Å². The molecule has 0 aromatic heterocycles. The Morgan fingerprint density at radius 2 is 1.67 bits per heavy atom. The van der Waals surface area contributed by atoms with E-state index < -0.39 is 15.3 Å². The quantitative estimate of drug-likeness (QED) is 0.731. The van der Waals surface area contributed by atoms with Crippen LogP contribution in [0.3, 0.4) is 0 Å². The van der Waals surface area contributed by atoms with Gasteiger partial charge >= 0.3 is 0 Å². The van der Waals surface area contributed by atoms with Gasteiger partial charge in [-0.25, -0.2) is 8.42 Å². The van der Waals surface area contributed by atoms with Crippen LogP contribution < -0.4 is 0 Å². The molecule has 3 nitrogen and oxygen atoms in total. The molecule has 0 amide bonds. The maximum atomic E-state index is 11.6. The third kappa shape index (κ3) is 6.66. The standard InChI is InChI=1S/C11H22O3S/c1-9(2)6-7-15(13,14)8-10(12)11(3,4)5/h9H,6-8H2,1-5H3. The fourth-order valence-corrected chi connectivity index (χ4v) is 2.71. The number of ketones is 1. The first-order chi connectivity index (χ1) is 6.54. The Kier molecular flexibility index (Phi) is 4.97. The summed E-state index contributed by atoms with van der Waals surface area (Å²) in [5.74, 6) is -0.0498. The van der Waals surface area contributed by atoms with Crippen LogP contribution in [0.25, 0.3) is 0 Å². The molecule has 0 aromatic rings. The van der Waals surface area contributed by atoms with E-state index in [1.165, 1.54) is 0 Å². The second-order valence-electron chi connectivity index (χ2n) is 5.45. The summed E-state index contributed by atoms with van der Waals surface area (Å²) >= 11 is 0. The van der Waals surface area contributed by atoms with Crippen LogP contribution in [0.1, 0.15) is 41.0 Å². The lowest BCUT2D eigenvalue weighted by atomic mass is 9.92. The maximum absolute atomic E-state index is 11.6. The molecule has 0 bridgehead atoms. The number of rotatable bonds is 5. The van der Waals surface area contributed by atoms with Gasteiger partial charge in [0.15, 0.2) is 15.6 Å². The summed E-state index contributed by atoms with van der Waals surface area (Å²) in [5.41, 5.74) is -0.565. The Balaban J connectivity index is 4.34. The van der Waals surface area contributed by atoms with Crippen LogP contribution in [0, 0.1) is 11.3 Å². The van der Waals surface area contributed by atoms with E-state index in [0.717, 1.165) is 0 Å². The van der Waals surface area contributed by atoms with E-state index in [0.29, 0.717) is 12.3 Å². The molecule has 0 atom stereocenters. The molecule has 4 heteroatoms. The molecule has 15 heavy (non-hydrogen) atoms. The van der Waals surface area contributed by atoms with Crippen molar-refractivity contribution in [1.29, 1.82) is 0 Å². The first-order valence-electron chi connectivity index (χ1n) is 5.28. The smallest absolute Gasteiger partial charge is 0.157 e. The van der Waals surface area contributed by atoms with Gasteiger partial charge < -0.3 is 0 Å². The molecule has 0 N–H and O–H groups in total. The van der Waals surface area contributed by atoms with Crippen LogP contribution >= 0.6 is 0 Å². The Labute approximate surface area is 93.2 Å². The van der Waals surface area contributed by atoms with E-state index in [1.807, 2.05) is 13.8 Å². The van der Waals surface area contributed by atoms with Crippen molar-refractivity contribution < 1.29 is 13.2 Å². The van der Waals surface area contributed by atoms with Crippen LogP contribution in [-0.4, -0.2) is 25.7 Å². The van der Waals surface area contributed by atoms with Gasteiger partial charge in [-0.15, -0.1) is 0 Å². The Morgan fingerprint density at radius 1 is 1.20 bits per heavy atom. The lowest BCUT2D eigenvalue weighted by molar-refractivity contribution is -0.123. The number of carbonyl (C=O) groups excluding carboxylic acids is 1. The van der Waals surface area contributed by atoms with Gasteiger partial charge in [0.05, 0.1) is 5.75 Å². The molecule has 0 radical (unpaired) electrons. The average Bonchev–Trinajstić information content (AvgIpc) is 1.98. The van der Waals surface area contributed by atoms with Crippen molar-refractivity contribution in [2.45, 2.75) is 41.0 Å². The minimum atomic E-state index is -3.21. The SMILES string of the molecule is CC(C)CCS(=O)(=O)CC(=O)C(C)(C)C. The summed E-state index contributed by atoms with van der Waals surface area (Å²) in [6.45, 7) is 9.18. The van der Waals surface area contributed by atoms with Gasteiger partial charge in [-0.2, -0.15) is 0 Å². The van der Waals surface area contributed by atoms with Crippen molar-refractivity contribution in [3.8, 4) is 0 Å². The van der Waals surface area contributed by atoms with Gasteiger partial charge in [0.2, 0.25) is 0 Å². The fourth-order valence-electron chi connectivity index (χ4n) is 0.904. The highest BCUT2D eigenvalue weighted by Gasteiger charge is 2.26. The highest BCUT2D eigenvalue weighted by atomic mass is 32.2. The molecule has 0 heterocycles. The summed E-state index contributed by atoms with van der Waals surface area (Å²) < 4.78 is 23.1. The van der Waals surface area contributed by atoms with Gasteiger partial charge in [0, 0.05) is 5.41 Å². The largest absolute Gasteiger partial charge is 0.298 e. The lowest BCUT2D eigenvalue weighted by Gasteiger charge is -2.16. The third-order valence-electron chi connectivity index (χ3n) is 2.19.